The number of nitrogens with one attached hydrogen (secondary N) is 1. The highest BCUT2D eigenvalue weighted by molar-refractivity contribution is 5.91. The zero-order chi connectivity index (χ0) is 13.5. The van der Waals surface area contributed by atoms with Crippen LogP contribution in [0.1, 0.15) is 18.4 Å². The predicted molar refractivity (Wildman–Crippen MR) is 74.0 cm³/mol. The summed E-state index contributed by atoms with van der Waals surface area (Å²) in [5.41, 5.74) is 0.966. The number of methoxy groups -OCH3 is 1. The molecule has 1 heterocycles. The Bertz CT molecular complexity index is 433. The van der Waals surface area contributed by atoms with Crippen LogP contribution in [0.2, 0.25) is 0 Å². The third kappa shape index (κ3) is 4.41. The minimum absolute atomic E-state index is 0.0914. The van der Waals surface area contributed by atoms with Crippen molar-refractivity contribution in [3.05, 3.63) is 35.9 Å². The lowest BCUT2D eigenvalue weighted by molar-refractivity contribution is -0.116. The Morgan fingerprint density at radius 3 is 2.89 bits per heavy atom. The minimum atomic E-state index is -0.0914. The zero-order valence-electron chi connectivity index (χ0n) is 11.1. The fourth-order valence-corrected chi connectivity index (χ4v) is 1.97. The number of hydrogen-bond donors (Lipinski definition) is 1. The molecule has 1 aliphatic rings. The first-order valence-electron chi connectivity index (χ1n) is 6.49. The maximum Gasteiger partial charge on any atom is 0.244 e. The van der Waals surface area contributed by atoms with Crippen molar-refractivity contribution in [1.82, 2.24) is 5.32 Å². The van der Waals surface area contributed by atoms with Crippen molar-refractivity contribution in [3.63, 3.8) is 0 Å². The lowest BCUT2D eigenvalue weighted by Crippen LogP contribution is -2.30. The van der Waals surface area contributed by atoms with Gasteiger partial charge < -0.3 is 14.8 Å². The number of benzene rings is 1. The Hall–Kier alpha value is -1.81. The number of amides is 1. The van der Waals surface area contributed by atoms with Gasteiger partial charge in [0, 0.05) is 19.2 Å². The number of ether oxygens (including phenoxy) is 2. The van der Waals surface area contributed by atoms with Crippen molar-refractivity contribution in [2.45, 2.75) is 18.9 Å². The van der Waals surface area contributed by atoms with Gasteiger partial charge in [-0.1, -0.05) is 12.1 Å². The molecule has 1 atom stereocenters. The van der Waals surface area contributed by atoms with E-state index < -0.39 is 0 Å². The number of carbonyl (C=O) groups is 1. The van der Waals surface area contributed by atoms with Gasteiger partial charge in [-0.2, -0.15) is 0 Å². The van der Waals surface area contributed by atoms with Crippen molar-refractivity contribution in [3.8, 4) is 5.75 Å². The summed E-state index contributed by atoms with van der Waals surface area (Å²) < 4.78 is 10.5. The first-order valence-corrected chi connectivity index (χ1v) is 6.49. The van der Waals surface area contributed by atoms with E-state index in [4.69, 9.17) is 9.47 Å². The van der Waals surface area contributed by atoms with Crippen LogP contribution >= 0.6 is 0 Å². The van der Waals surface area contributed by atoms with E-state index in [1.54, 1.807) is 13.2 Å². The Balaban J connectivity index is 1.78. The summed E-state index contributed by atoms with van der Waals surface area (Å²) in [6, 6.07) is 7.54. The molecule has 0 saturated carbocycles. The summed E-state index contributed by atoms with van der Waals surface area (Å²) in [4.78, 5) is 11.6. The molecule has 4 heteroatoms. The zero-order valence-corrected chi connectivity index (χ0v) is 11.1. The Morgan fingerprint density at radius 2 is 2.26 bits per heavy atom. The van der Waals surface area contributed by atoms with Crippen LogP contribution in [0.4, 0.5) is 0 Å². The van der Waals surface area contributed by atoms with Crippen molar-refractivity contribution in [1.29, 1.82) is 0 Å². The molecule has 2 rings (SSSR count). The van der Waals surface area contributed by atoms with Crippen LogP contribution in [0, 0.1) is 0 Å². The van der Waals surface area contributed by atoms with Crippen LogP contribution < -0.4 is 10.1 Å². The van der Waals surface area contributed by atoms with Gasteiger partial charge in [0.05, 0.1) is 13.2 Å². The second kappa shape index (κ2) is 6.95. The van der Waals surface area contributed by atoms with Crippen molar-refractivity contribution in [2.75, 3.05) is 20.3 Å². The van der Waals surface area contributed by atoms with Crippen LogP contribution in [0.25, 0.3) is 6.08 Å². The molecule has 1 aromatic rings. The molecule has 0 spiro atoms. The first kappa shape index (κ1) is 13.6. The standard InChI is InChI=1S/C15H19NO3/c1-18-13-7-4-12(5-8-13)6-9-15(17)16-11-14-3-2-10-19-14/h4-9,14H,2-3,10-11H2,1H3,(H,16,17)/b9-6+. The highest BCUT2D eigenvalue weighted by atomic mass is 16.5. The fourth-order valence-electron chi connectivity index (χ4n) is 1.97. The van der Waals surface area contributed by atoms with Crippen LogP contribution in [-0.2, 0) is 9.53 Å². The summed E-state index contributed by atoms with van der Waals surface area (Å²) >= 11 is 0. The minimum Gasteiger partial charge on any atom is -0.497 e. The van der Waals surface area contributed by atoms with Gasteiger partial charge in [0.2, 0.25) is 5.91 Å². The molecule has 1 aromatic carbocycles. The molecular weight excluding hydrogens is 242 g/mol. The van der Waals surface area contributed by atoms with Gasteiger partial charge in [0.25, 0.3) is 0 Å². The monoisotopic (exact) mass is 261 g/mol. The average Bonchev–Trinajstić information content (AvgIpc) is 2.96. The van der Waals surface area contributed by atoms with Crippen molar-refractivity contribution < 1.29 is 14.3 Å². The van der Waals surface area contributed by atoms with Crippen LogP contribution in [0.3, 0.4) is 0 Å². The average molecular weight is 261 g/mol. The Kier molecular flexibility index (Phi) is 4.98. The van der Waals surface area contributed by atoms with Crippen LogP contribution in [0.5, 0.6) is 5.75 Å². The van der Waals surface area contributed by atoms with Crippen LogP contribution in [-0.4, -0.2) is 32.3 Å². The molecule has 0 radical (unpaired) electrons. The van der Waals surface area contributed by atoms with Gasteiger partial charge in [-0.3, -0.25) is 4.79 Å². The van der Waals surface area contributed by atoms with Crippen molar-refractivity contribution in [2.24, 2.45) is 0 Å². The van der Waals surface area contributed by atoms with E-state index in [0.29, 0.717) is 6.54 Å². The number of rotatable bonds is 5. The lowest BCUT2D eigenvalue weighted by Gasteiger charge is -2.08. The summed E-state index contributed by atoms with van der Waals surface area (Å²) in [5.74, 6) is 0.714. The second-order valence-electron chi connectivity index (χ2n) is 4.49. The van der Waals surface area contributed by atoms with E-state index in [0.717, 1.165) is 30.8 Å². The van der Waals surface area contributed by atoms with Gasteiger partial charge in [-0.25, -0.2) is 0 Å². The van der Waals surface area contributed by atoms with Gasteiger partial charge in [-0.15, -0.1) is 0 Å². The maximum absolute atomic E-state index is 11.6. The van der Waals surface area contributed by atoms with E-state index in [-0.39, 0.29) is 12.0 Å². The van der Waals surface area contributed by atoms with Gasteiger partial charge in [-0.05, 0) is 36.6 Å². The summed E-state index contributed by atoms with van der Waals surface area (Å²) in [7, 11) is 1.63. The summed E-state index contributed by atoms with van der Waals surface area (Å²) in [5, 5.41) is 2.84. The largest absolute Gasteiger partial charge is 0.497 e. The second-order valence-corrected chi connectivity index (χ2v) is 4.49. The van der Waals surface area contributed by atoms with Crippen LogP contribution in [0.15, 0.2) is 30.3 Å². The molecule has 0 aliphatic carbocycles. The number of hydrogen-bond acceptors (Lipinski definition) is 3. The first-order chi connectivity index (χ1) is 9.28. The third-order valence-corrected chi connectivity index (χ3v) is 3.07. The molecule has 19 heavy (non-hydrogen) atoms. The van der Waals surface area contributed by atoms with Gasteiger partial charge in [0.1, 0.15) is 5.75 Å². The third-order valence-electron chi connectivity index (χ3n) is 3.07. The van der Waals surface area contributed by atoms with E-state index in [2.05, 4.69) is 5.32 Å². The molecule has 102 valence electrons. The molecule has 1 fully saturated rings. The fraction of sp³-hybridized carbons (Fsp3) is 0.400. The molecule has 1 saturated heterocycles. The normalized spacial score (nSPS) is 18.7. The van der Waals surface area contributed by atoms with E-state index >= 15 is 0 Å². The van der Waals surface area contributed by atoms with Gasteiger partial charge in [0.15, 0.2) is 0 Å². The molecule has 1 unspecified atom stereocenters. The molecule has 1 N–H and O–H groups in total. The van der Waals surface area contributed by atoms with Gasteiger partial charge >= 0.3 is 0 Å². The quantitative estimate of drug-likeness (QED) is 0.825. The Morgan fingerprint density at radius 1 is 1.47 bits per heavy atom. The highest BCUT2D eigenvalue weighted by Gasteiger charge is 2.15. The van der Waals surface area contributed by atoms with E-state index in [1.165, 1.54) is 6.08 Å². The van der Waals surface area contributed by atoms with E-state index in [9.17, 15) is 4.79 Å². The SMILES string of the molecule is COc1ccc(/C=C/C(=O)NCC2CCCO2)cc1. The number of carbonyl (C=O) groups excluding carboxylic acids is 1. The Labute approximate surface area is 113 Å². The maximum atomic E-state index is 11.6. The lowest BCUT2D eigenvalue weighted by atomic mass is 10.2. The van der Waals surface area contributed by atoms with E-state index in [1.807, 2.05) is 24.3 Å². The molecule has 1 aliphatic heterocycles. The molecule has 1 amide bonds. The predicted octanol–water partition coefficient (Wildman–Crippen LogP) is 2.00. The summed E-state index contributed by atoms with van der Waals surface area (Å²) in [6.45, 7) is 1.40. The summed E-state index contributed by atoms with van der Waals surface area (Å²) in [6.07, 6.45) is 5.62. The van der Waals surface area contributed by atoms with Crippen molar-refractivity contribution >= 4 is 12.0 Å². The smallest absolute Gasteiger partial charge is 0.244 e. The molecular formula is C15H19NO3. The highest BCUT2D eigenvalue weighted by Crippen LogP contribution is 2.12. The topological polar surface area (TPSA) is 47.6 Å². The molecule has 0 bridgehead atoms. The molecule has 0 aromatic heterocycles. The molecule has 4 nitrogen and oxygen atoms in total.